The van der Waals surface area contributed by atoms with Crippen molar-refractivity contribution in [2.75, 3.05) is 0 Å². The summed E-state index contributed by atoms with van der Waals surface area (Å²) in [6, 6.07) is 6.15. The van der Waals surface area contributed by atoms with E-state index in [0.717, 1.165) is 12.1 Å². The second-order valence-corrected chi connectivity index (χ2v) is 2.31. The molecule has 1 aromatic rings. The van der Waals surface area contributed by atoms with Gasteiger partial charge in [0.25, 0.3) is 0 Å². The second kappa shape index (κ2) is 5.38. The van der Waals surface area contributed by atoms with Crippen molar-refractivity contribution >= 4 is 35.5 Å². The molecule has 72 valence electrons. The van der Waals surface area contributed by atoms with Gasteiger partial charge in [-0.05, 0) is 0 Å². The summed E-state index contributed by atoms with van der Waals surface area (Å²) in [5.41, 5.74) is -0.599. The van der Waals surface area contributed by atoms with Gasteiger partial charge in [0, 0.05) is 10.1 Å². The Labute approximate surface area is 100 Å². The molecule has 0 N–H and O–H groups in total. The standard InChI is InChI=1S/C8H5F3O2.Na.H/c9-8(10,7(12)13-11)6-4-2-1-3-5-6;;/h1-5H;;. The summed E-state index contributed by atoms with van der Waals surface area (Å²) in [5.74, 6) is -6.14. The summed E-state index contributed by atoms with van der Waals surface area (Å²) < 4.78 is 36.9. The van der Waals surface area contributed by atoms with Gasteiger partial charge in [-0.25, -0.2) is 9.74 Å². The van der Waals surface area contributed by atoms with Crippen molar-refractivity contribution in [3.8, 4) is 0 Å². The summed E-state index contributed by atoms with van der Waals surface area (Å²) >= 11 is 0. The van der Waals surface area contributed by atoms with Crippen LogP contribution in [0.4, 0.5) is 13.3 Å². The van der Waals surface area contributed by atoms with Gasteiger partial charge in [-0.15, -0.1) is 0 Å². The zero-order valence-electron chi connectivity index (χ0n) is 6.34. The first-order valence-corrected chi connectivity index (χ1v) is 3.35. The normalized spacial score (nSPS) is 10.2. The molecule has 0 saturated heterocycles. The molecule has 0 atom stereocenters. The number of rotatable bonds is 2. The Balaban J connectivity index is 0.00000169. The summed E-state index contributed by atoms with van der Waals surface area (Å²) in [6.07, 6.45) is 0. The van der Waals surface area contributed by atoms with Crippen molar-refractivity contribution in [1.82, 2.24) is 0 Å². The second-order valence-electron chi connectivity index (χ2n) is 2.31. The third kappa shape index (κ3) is 2.73. The molecule has 0 saturated carbocycles. The van der Waals surface area contributed by atoms with Gasteiger partial charge in [0.15, 0.2) is 0 Å². The zero-order chi connectivity index (χ0) is 9.90. The molecule has 0 heterocycles. The van der Waals surface area contributed by atoms with E-state index in [-0.39, 0.29) is 29.6 Å². The van der Waals surface area contributed by atoms with E-state index in [4.69, 9.17) is 0 Å². The predicted octanol–water partition coefficient (Wildman–Crippen LogP) is 1.56. The zero-order valence-corrected chi connectivity index (χ0v) is 6.34. The number of halogens is 3. The first-order chi connectivity index (χ1) is 6.09. The molecule has 0 bridgehead atoms. The fourth-order valence-corrected chi connectivity index (χ4v) is 0.814. The quantitative estimate of drug-likeness (QED) is 0.698. The fourth-order valence-electron chi connectivity index (χ4n) is 0.814. The number of hydrogen-bond acceptors (Lipinski definition) is 2. The van der Waals surface area contributed by atoms with Gasteiger partial charge >= 0.3 is 41.4 Å². The van der Waals surface area contributed by atoms with Crippen molar-refractivity contribution < 1.29 is 23.0 Å². The van der Waals surface area contributed by atoms with Crippen LogP contribution in [0.5, 0.6) is 0 Å². The minimum atomic E-state index is -3.93. The van der Waals surface area contributed by atoms with Crippen molar-refractivity contribution in [2.24, 2.45) is 0 Å². The Morgan fingerprint density at radius 1 is 1.21 bits per heavy atom. The van der Waals surface area contributed by atoms with Crippen LogP contribution in [-0.4, -0.2) is 35.5 Å². The molecule has 1 rings (SSSR count). The van der Waals surface area contributed by atoms with Crippen LogP contribution in [0.15, 0.2) is 30.3 Å². The van der Waals surface area contributed by atoms with Crippen molar-refractivity contribution in [3.05, 3.63) is 35.9 Å². The number of benzene rings is 1. The van der Waals surface area contributed by atoms with E-state index in [2.05, 4.69) is 4.94 Å². The first-order valence-electron chi connectivity index (χ1n) is 3.35. The maximum absolute atomic E-state index is 12.8. The Morgan fingerprint density at radius 3 is 2.14 bits per heavy atom. The maximum atomic E-state index is 12.8. The Hall–Kier alpha value is -0.520. The molecule has 14 heavy (non-hydrogen) atoms. The average molecular weight is 214 g/mol. The number of hydrogen-bond donors (Lipinski definition) is 0. The van der Waals surface area contributed by atoms with Gasteiger partial charge in [0.05, 0.1) is 0 Å². The summed E-state index contributed by atoms with van der Waals surface area (Å²) in [6.45, 7) is 0. The summed E-state index contributed by atoms with van der Waals surface area (Å²) in [7, 11) is 0. The van der Waals surface area contributed by atoms with Gasteiger partial charge < -0.3 is 0 Å². The molecule has 0 radical (unpaired) electrons. The number of alkyl halides is 2. The molecule has 0 unspecified atom stereocenters. The third-order valence-electron chi connectivity index (χ3n) is 1.46. The molecule has 0 aliphatic rings. The van der Waals surface area contributed by atoms with Gasteiger partial charge in [-0.3, -0.25) is 0 Å². The molecule has 2 nitrogen and oxygen atoms in total. The van der Waals surface area contributed by atoms with Gasteiger partial charge in [0.1, 0.15) is 0 Å². The molecule has 0 aromatic heterocycles. The molecule has 1 aromatic carbocycles. The molecule has 6 heteroatoms. The van der Waals surface area contributed by atoms with E-state index in [1.807, 2.05) is 0 Å². The van der Waals surface area contributed by atoms with Gasteiger partial charge in [-0.1, -0.05) is 30.3 Å². The van der Waals surface area contributed by atoms with E-state index < -0.39 is 17.5 Å². The monoisotopic (exact) mass is 214 g/mol. The van der Waals surface area contributed by atoms with E-state index >= 15 is 0 Å². The number of carbonyl (C=O) groups excluding carboxylic acids is 1. The van der Waals surface area contributed by atoms with E-state index in [1.54, 1.807) is 0 Å². The predicted molar refractivity (Wildman–Crippen MR) is 44.7 cm³/mol. The van der Waals surface area contributed by atoms with Crippen LogP contribution in [0.3, 0.4) is 0 Å². The van der Waals surface area contributed by atoms with Crippen molar-refractivity contribution in [3.63, 3.8) is 0 Å². The fraction of sp³-hybridized carbons (Fsp3) is 0.125. The topological polar surface area (TPSA) is 26.3 Å². The van der Waals surface area contributed by atoms with Crippen LogP contribution in [0.2, 0.25) is 0 Å². The third-order valence-corrected chi connectivity index (χ3v) is 1.46. The van der Waals surface area contributed by atoms with E-state index in [1.165, 1.54) is 18.2 Å². The minimum absolute atomic E-state index is 0. The molecule has 0 aliphatic carbocycles. The van der Waals surface area contributed by atoms with E-state index in [9.17, 15) is 18.1 Å². The average Bonchev–Trinajstić information content (AvgIpc) is 2.18. The first kappa shape index (κ1) is 13.5. The Morgan fingerprint density at radius 2 is 1.71 bits per heavy atom. The molecular formula is C8H6F3NaO2. The van der Waals surface area contributed by atoms with Crippen LogP contribution in [-0.2, 0) is 15.7 Å². The Kier molecular flexibility index (Phi) is 5.18. The van der Waals surface area contributed by atoms with E-state index in [0.29, 0.717) is 0 Å². The molecular weight excluding hydrogens is 208 g/mol. The molecule has 0 aliphatic heterocycles. The van der Waals surface area contributed by atoms with Crippen molar-refractivity contribution in [2.45, 2.75) is 5.92 Å². The van der Waals surface area contributed by atoms with Crippen molar-refractivity contribution in [1.29, 1.82) is 0 Å². The van der Waals surface area contributed by atoms with Gasteiger partial charge in [0.2, 0.25) is 0 Å². The van der Waals surface area contributed by atoms with Gasteiger partial charge in [-0.2, -0.15) is 8.78 Å². The SMILES string of the molecule is O=C(OF)C(F)(F)c1ccccc1.[NaH]. The van der Waals surface area contributed by atoms with Crippen LogP contribution < -0.4 is 0 Å². The molecule has 0 amide bonds. The number of carbonyl (C=O) groups is 1. The molecule has 0 spiro atoms. The van der Waals surface area contributed by atoms with Crippen LogP contribution in [0.1, 0.15) is 5.56 Å². The molecule has 0 fully saturated rings. The van der Waals surface area contributed by atoms with Crippen LogP contribution in [0, 0.1) is 0 Å². The Bertz CT molecular complexity index is 303. The van der Waals surface area contributed by atoms with Crippen LogP contribution >= 0.6 is 0 Å². The summed E-state index contributed by atoms with van der Waals surface area (Å²) in [5, 5.41) is 0. The van der Waals surface area contributed by atoms with Crippen LogP contribution in [0.25, 0.3) is 0 Å². The summed E-state index contributed by atoms with van der Waals surface area (Å²) in [4.78, 5) is 12.8.